The van der Waals surface area contributed by atoms with Crippen molar-refractivity contribution < 1.29 is 30.0 Å². The van der Waals surface area contributed by atoms with E-state index in [4.69, 9.17) is 15.9 Å². The Morgan fingerprint density at radius 3 is 2.27 bits per heavy atom. The van der Waals surface area contributed by atoms with Gasteiger partial charge in [-0.15, -0.1) is 0 Å². The molecule has 0 saturated carbocycles. The average Bonchev–Trinajstić information content (AvgIpc) is 2.24. The van der Waals surface area contributed by atoms with Crippen LogP contribution in [0.4, 0.5) is 0 Å². The summed E-state index contributed by atoms with van der Waals surface area (Å²) in [6.45, 7) is 0.0407. The lowest BCUT2D eigenvalue weighted by atomic mass is 9.83. The Balaban J connectivity index is 5.10. The predicted molar refractivity (Wildman–Crippen MR) is 48.8 cm³/mol. The molecule has 0 aliphatic carbocycles. The molecule has 7 heteroatoms. The van der Waals surface area contributed by atoms with Gasteiger partial charge in [0, 0.05) is 0 Å². The fourth-order valence-electron chi connectivity index (χ4n) is 1.14. The zero-order valence-corrected chi connectivity index (χ0v) is 8.20. The summed E-state index contributed by atoms with van der Waals surface area (Å²) in [6, 6.07) is -1.67. The first-order valence-corrected chi connectivity index (χ1v) is 4.23. The van der Waals surface area contributed by atoms with Crippen LogP contribution in [-0.2, 0) is 9.59 Å². The highest BCUT2D eigenvalue weighted by molar-refractivity contribution is 5.90. The van der Waals surface area contributed by atoms with E-state index in [1.807, 2.05) is 0 Å². The third-order valence-corrected chi connectivity index (χ3v) is 2.22. The number of aliphatic hydroxyl groups excluding tert-OH is 3. The second-order valence-corrected chi connectivity index (χ2v) is 3.24. The Morgan fingerprint density at radius 2 is 2.00 bits per heavy atom. The molecule has 4 atom stereocenters. The number of aliphatic hydroxyl groups is 4. The molecule has 0 fully saturated rings. The number of nitrogens with two attached hydrogens (primary N) is 1. The van der Waals surface area contributed by atoms with E-state index >= 15 is 0 Å². The van der Waals surface area contributed by atoms with Gasteiger partial charge in [-0.1, -0.05) is 0 Å². The second kappa shape index (κ2) is 5.29. The van der Waals surface area contributed by atoms with Gasteiger partial charge in [-0.3, -0.25) is 4.79 Å². The third-order valence-electron chi connectivity index (χ3n) is 2.22. The molecule has 0 spiro atoms. The van der Waals surface area contributed by atoms with Crippen LogP contribution in [0.15, 0.2) is 0 Å². The van der Waals surface area contributed by atoms with Crippen LogP contribution in [0, 0.1) is 0 Å². The molecule has 15 heavy (non-hydrogen) atoms. The lowest BCUT2D eigenvalue weighted by molar-refractivity contribution is -0.169. The molecule has 7 nitrogen and oxygen atoms in total. The fourth-order valence-corrected chi connectivity index (χ4v) is 1.14. The average molecular weight is 221 g/mol. The molecular weight excluding hydrogens is 206 g/mol. The van der Waals surface area contributed by atoms with Crippen LogP contribution in [0.25, 0.3) is 0 Å². The first kappa shape index (κ1) is 14.1. The fraction of sp³-hybridized carbons (Fsp3) is 0.750. The van der Waals surface area contributed by atoms with Gasteiger partial charge in [0.05, 0.1) is 12.6 Å². The van der Waals surface area contributed by atoms with Gasteiger partial charge in [0.2, 0.25) is 0 Å². The Morgan fingerprint density at radius 1 is 1.53 bits per heavy atom. The van der Waals surface area contributed by atoms with Gasteiger partial charge in [0.15, 0.2) is 11.4 Å². The first-order valence-electron chi connectivity index (χ1n) is 4.23. The van der Waals surface area contributed by atoms with Crippen LogP contribution in [0.3, 0.4) is 0 Å². The van der Waals surface area contributed by atoms with E-state index in [0.29, 0.717) is 0 Å². The molecule has 88 valence electrons. The molecule has 0 aromatic carbocycles. The van der Waals surface area contributed by atoms with Gasteiger partial charge >= 0.3 is 0 Å². The molecule has 0 aromatic heterocycles. The van der Waals surface area contributed by atoms with Crippen LogP contribution in [0.2, 0.25) is 0 Å². The minimum absolute atomic E-state index is 0.0781. The van der Waals surface area contributed by atoms with Gasteiger partial charge in [-0.25, -0.2) is 0 Å². The number of carbonyl (C=O) groups is 2. The highest BCUT2D eigenvalue weighted by Gasteiger charge is 2.49. The van der Waals surface area contributed by atoms with E-state index in [2.05, 4.69) is 0 Å². The molecule has 0 bridgehead atoms. The highest BCUT2D eigenvalue weighted by atomic mass is 16.4. The zero-order chi connectivity index (χ0) is 12.2. The summed E-state index contributed by atoms with van der Waals surface area (Å²) in [5.41, 5.74) is 2.56. The largest absolute Gasteiger partial charge is 0.394 e. The third kappa shape index (κ3) is 2.58. The number of hydrogen-bond acceptors (Lipinski definition) is 7. The lowest BCUT2D eigenvalue weighted by Crippen LogP contribution is -2.65. The highest BCUT2D eigenvalue weighted by Crippen LogP contribution is 2.18. The van der Waals surface area contributed by atoms with Crippen molar-refractivity contribution in [1.82, 2.24) is 0 Å². The summed E-state index contributed by atoms with van der Waals surface area (Å²) >= 11 is 0. The van der Waals surface area contributed by atoms with Crippen molar-refractivity contribution in [2.45, 2.75) is 30.8 Å². The van der Waals surface area contributed by atoms with Crippen LogP contribution in [0.1, 0.15) is 6.92 Å². The number of hydrogen-bond donors (Lipinski definition) is 5. The van der Waals surface area contributed by atoms with Gasteiger partial charge in [0.25, 0.3) is 0 Å². The van der Waals surface area contributed by atoms with Crippen molar-refractivity contribution in [2.24, 2.45) is 5.73 Å². The quantitative estimate of drug-likeness (QED) is 0.293. The molecule has 0 aliphatic heterocycles. The smallest absolute Gasteiger partial charge is 0.172 e. The Kier molecular flexibility index (Phi) is 4.98. The van der Waals surface area contributed by atoms with Crippen molar-refractivity contribution in [3.05, 3.63) is 0 Å². The summed E-state index contributed by atoms with van der Waals surface area (Å²) in [5, 5.41) is 36.7. The number of Topliss-reactive ketones (excluding diaryl/α,β-unsaturated/α-hetero) is 1. The zero-order valence-electron chi connectivity index (χ0n) is 8.20. The molecule has 0 radical (unpaired) electrons. The molecule has 0 amide bonds. The van der Waals surface area contributed by atoms with E-state index in [0.717, 1.165) is 6.92 Å². The normalized spacial score (nSPS) is 21.2. The van der Waals surface area contributed by atoms with Gasteiger partial charge in [-0.05, 0) is 6.92 Å². The van der Waals surface area contributed by atoms with E-state index in [1.165, 1.54) is 0 Å². The monoisotopic (exact) mass is 221 g/mol. The number of rotatable bonds is 6. The molecule has 0 aliphatic rings. The van der Waals surface area contributed by atoms with Crippen molar-refractivity contribution in [3.8, 4) is 0 Å². The summed E-state index contributed by atoms with van der Waals surface area (Å²) in [6.07, 6.45) is -3.71. The molecule has 1 unspecified atom stereocenters. The van der Waals surface area contributed by atoms with Gasteiger partial charge in [0.1, 0.15) is 18.5 Å². The van der Waals surface area contributed by atoms with Crippen molar-refractivity contribution >= 4 is 12.1 Å². The minimum atomic E-state index is -2.59. The van der Waals surface area contributed by atoms with Crippen LogP contribution in [-0.4, -0.2) is 63.0 Å². The van der Waals surface area contributed by atoms with E-state index in [-0.39, 0.29) is 6.29 Å². The number of carbonyl (C=O) groups excluding carboxylic acids is 2. The Hall–Kier alpha value is -0.860. The summed E-state index contributed by atoms with van der Waals surface area (Å²) in [4.78, 5) is 21.5. The predicted octanol–water partition coefficient (Wildman–Crippen LogP) is -3.45. The first-order chi connectivity index (χ1) is 6.82. The number of ketones is 1. The lowest BCUT2D eigenvalue weighted by Gasteiger charge is -2.34. The standard InChI is InChI=1S/C8H15NO6/c1-4(12)8(15,6(9)3-11)7(14)5(13)2-10/h3,5-7,10,13-15H,2,9H2,1H3/t5?,6-,7+,8+/m0/s1. The Labute approximate surface area is 86.1 Å². The van der Waals surface area contributed by atoms with Crippen molar-refractivity contribution in [3.63, 3.8) is 0 Å². The maximum atomic E-state index is 11.1. The van der Waals surface area contributed by atoms with Crippen molar-refractivity contribution in [1.29, 1.82) is 0 Å². The summed E-state index contributed by atoms with van der Waals surface area (Å²) in [7, 11) is 0. The SMILES string of the molecule is CC(=O)[C@](O)([C@H](O)C(O)CO)[C@@H](N)C=O. The van der Waals surface area contributed by atoms with E-state index < -0.39 is 36.2 Å². The second-order valence-electron chi connectivity index (χ2n) is 3.24. The molecular formula is C8H15NO6. The minimum Gasteiger partial charge on any atom is -0.394 e. The van der Waals surface area contributed by atoms with Crippen molar-refractivity contribution in [2.75, 3.05) is 6.61 Å². The maximum Gasteiger partial charge on any atom is 0.172 e. The van der Waals surface area contributed by atoms with Crippen LogP contribution < -0.4 is 5.73 Å². The Bertz CT molecular complexity index is 245. The van der Waals surface area contributed by atoms with Crippen LogP contribution >= 0.6 is 0 Å². The topological polar surface area (TPSA) is 141 Å². The maximum absolute atomic E-state index is 11.1. The molecule has 0 aromatic rings. The van der Waals surface area contributed by atoms with Gasteiger partial charge in [-0.2, -0.15) is 0 Å². The number of aldehydes is 1. The van der Waals surface area contributed by atoms with Gasteiger partial charge < -0.3 is 31.0 Å². The molecule has 6 N–H and O–H groups in total. The van der Waals surface area contributed by atoms with Crippen LogP contribution in [0.5, 0.6) is 0 Å². The molecule has 0 rings (SSSR count). The molecule has 0 heterocycles. The van der Waals surface area contributed by atoms with E-state index in [9.17, 15) is 19.8 Å². The summed E-state index contributed by atoms with van der Waals surface area (Å²) < 4.78 is 0. The van der Waals surface area contributed by atoms with E-state index in [1.54, 1.807) is 0 Å². The molecule has 0 saturated heterocycles. The summed E-state index contributed by atoms with van der Waals surface area (Å²) in [5.74, 6) is -0.970.